The van der Waals surface area contributed by atoms with Gasteiger partial charge in [-0.2, -0.15) is 5.10 Å². The van der Waals surface area contributed by atoms with Crippen LogP contribution < -0.4 is 4.90 Å². The molecule has 1 atom stereocenters. The van der Waals surface area contributed by atoms with Crippen molar-refractivity contribution in [1.29, 1.82) is 0 Å². The predicted molar refractivity (Wildman–Crippen MR) is 109 cm³/mol. The first-order valence-corrected chi connectivity index (χ1v) is 9.90. The van der Waals surface area contributed by atoms with Crippen LogP contribution in [0.15, 0.2) is 49.1 Å². The third-order valence-corrected chi connectivity index (χ3v) is 5.61. The molecule has 5 heterocycles. The van der Waals surface area contributed by atoms with Gasteiger partial charge in [0.15, 0.2) is 16.9 Å². The third kappa shape index (κ3) is 2.90. The largest absolute Gasteiger partial charge is 0.349 e. The van der Waals surface area contributed by atoms with Gasteiger partial charge in [-0.1, -0.05) is 0 Å². The van der Waals surface area contributed by atoms with E-state index in [1.165, 1.54) is 12.1 Å². The van der Waals surface area contributed by atoms with Gasteiger partial charge in [-0.25, -0.2) is 33.2 Å². The highest BCUT2D eigenvalue weighted by atomic mass is 19.1. The van der Waals surface area contributed by atoms with Crippen LogP contribution in [0.5, 0.6) is 0 Å². The van der Waals surface area contributed by atoms with Gasteiger partial charge in [-0.15, -0.1) is 0 Å². The molecule has 0 aliphatic carbocycles. The van der Waals surface area contributed by atoms with Gasteiger partial charge in [0.2, 0.25) is 0 Å². The molecule has 0 amide bonds. The van der Waals surface area contributed by atoms with Crippen molar-refractivity contribution in [2.45, 2.75) is 18.9 Å². The van der Waals surface area contributed by atoms with Crippen molar-refractivity contribution in [2.75, 3.05) is 11.4 Å². The van der Waals surface area contributed by atoms with Gasteiger partial charge in [0.1, 0.15) is 23.3 Å². The minimum atomic E-state index is -0.447. The number of fused-ring (bicyclic) bond motifs is 2. The lowest BCUT2D eigenvalue weighted by Crippen LogP contribution is -2.24. The summed E-state index contributed by atoms with van der Waals surface area (Å²) in [6.45, 7) is 0.700. The maximum Gasteiger partial charge on any atom is 0.197 e. The zero-order valence-electron chi connectivity index (χ0n) is 16.2. The van der Waals surface area contributed by atoms with Crippen molar-refractivity contribution < 1.29 is 8.78 Å². The van der Waals surface area contributed by atoms with E-state index >= 15 is 0 Å². The van der Waals surface area contributed by atoms with Crippen LogP contribution in [0.2, 0.25) is 0 Å². The first-order valence-electron chi connectivity index (χ1n) is 9.90. The number of aromatic amines is 1. The second kappa shape index (κ2) is 6.79. The van der Waals surface area contributed by atoms with Crippen LogP contribution in [0.4, 0.5) is 14.6 Å². The first-order chi connectivity index (χ1) is 15.2. The zero-order chi connectivity index (χ0) is 20.9. The predicted octanol–water partition coefficient (Wildman–Crippen LogP) is 3.68. The molecular formula is C21H16F2N8. The van der Waals surface area contributed by atoms with E-state index in [1.54, 1.807) is 29.3 Å². The Bertz CT molecular complexity index is 1390. The fourth-order valence-corrected chi connectivity index (χ4v) is 4.19. The molecule has 10 heteroatoms. The number of anilines is 1. The SMILES string of the molecule is Fc1ccc(F)c([C@H]2CCCN2c2ccn3ncc(-c4nc5nccnc5[nH]4)c3n2)c1. The Morgan fingerprint density at radius 3 is 2.87 bits per heavy atom. The second-order valence-corrected chi connectivity index (χ2v) is 7.44. The van der Waals surface area contributed by atoms with Gasteiger partial charge < -0.3 is 9.88 Å². The Labute approximate surface area is 174 Å². The molecule has 6 rings (SSSR count). The average molecular weight is 418 g/mol. The molecule has 0 unspecified atom stereocenters. The van der Waals surface area contributed by atoms with Crippen LogP contribution >= 0.6 is 0 Å². The van der Waals surface area contributed by atoms with Crippen molar-refractivity contribution in [3.05, 3.63) is 66.3 Å². The summed E-state index contributed by atoms with van der Waals surface area (Å²) >= 11 is 0. The number of benzene rings is 1. The van der Waals surface area contributed by atoms with Crippen molar-refractivity contribution in [2.24, 2.45) is 0 Å². The molecule has 4 aromatic heterocycles. The summed E-state index contributed by atoms with van der Waals surface area (Å²) in [4.78, 5) is 22.9. The van der Waals surface area contributed by atoms with E-state index in [9.17, 15) is 8.78 Å². The molecule has 154 valence electrons. The van der Waals surface area contributed by atoms with E-state index in [0.29, 0.717) is 46.3 Å². The summed E-state index contributed by atoms with van der Waals surface area (Å²) in [5.41, 5.74) is 2.74. The average Bonchev–Trinajstić information content (AvgIpc) is 3.52. The zero-order valence-corrected chi connectivity index (χ0v) is 16.2. The van der Waals surface area contributed by atoms with Gasteiger partial charge >= 0.3 is 0 Å². The summed E-state index contributed by atoms with van der Waals surface area (Å²) in [6.07, 6.45) is 8.24. The Kier molecular flexibility index (Phi) is 3.92. The maximum atomic E-state index is 14.4. The van der Waals surface area contributed by atoms with E-state index < -0.39 is 11.6 Å². The van der Waals surface area contributed by atoms with E-state index in [1.807, 2.05) is 11.0 Å². The molecule has 5 aromatic rings. The van der Waals surface area contributed by atoms with Crippen LogP contribution in [0.25, 0.3) is 28.3 Å². The standard InChI is InChI=1S/C21H16F2N8/c22-12-3-4-15(23)13(10-12)16-2-1-8-30(16)17-5-9-31-21(27-17)14(11-26-31)18-28-19-20(29-18)25-7-6-24-19/h3-7,9-11,16H,1-2,8H2,(H,24,25,28,29)/t16-/m1/s1. The van der Waals surface area contributed by atoms with Crippen LogP contribution in [-0.4, -0.2) is 41.1 Å². The summed E-state index contributed by atoms with van der Waals surface area (Å²) in [7, 11) is 0. The Hall–Kier alpha value is -3.95. The Morgan fingerprint density at radius 1 is 1.06 bits per heavy atom. The monoisotopic (exact) mass is 418 g/mol. The number of hydrogen-bond acceptors (Lipinski definition) is 6. The molecule has 1 aliphatic heterocycles. The number of H-pyrrole nitrogens is 1. The molecule has 0 saturated carbocycles. The number of aromatic nitrogens is 7. The van der Waals surface area contributed by atoms with E-state index in [0.717, 1.165) is 18.9 Å². The van der Waals surface area contributed by atoms with Gasteiger partial charge in [0.25, 0.3) is 0 Å². The number of nitrogens with zero attached hydrogens (tertiary/aromatic N) is 7. The first kappa shape index (κ1) is 17.9. The molecule has 0 bridgehead atoms. The highest BCUT2D eigenvalue weighted by Crippen LogP contribution is 2.37. The van der Waals surface area contributed by atoms with Crippen molar-refractivity contribution in [3.63, 3.8) is 0 Å². The number of imidazole rings is 1. The smallest absolute Gasteiger partial charge is 0.197 e. The van der Waals surface area contributed by atoms with Crippen molar-refractivity contribution in [3.8, 4) is 11.4 Å². The molecule has 1 aromatic carbocycles. The maximum absolute atomic E-state index is 14.4. The lowest BCUT2D eigenvalue weighted by Gasteiger charge is -2.26. The Balaban J connectivity index is 1.43. The van der Waals surface area contributed by atoms with Crippen LogP contribution in [-0.2, 0) is 0 Å². The molecule has 0 spiro atoms. The van der Waals surface area contributed by atoms with Crippen molar-refractivity contribution in [1.82, 2.24) is 34.5 Å². The molecular weight excluding hydrogens is 402 g/mol. The van der Waals surface area contributed by atoms with Crippen LogP contribution in [0.1, 0.15) is 24.4 Å². The topological polar surface area (TPSA) is 87.9 Å². The quantitative estimate of drug-likeness (QED) is 0.481. The van der Waals surface area contributed by atoms with Crippen molar-refractivity contribution >= 4 is 22.8 Å². The van der Waals surface area contributed by atoms with Crippen LogP contribution in [0.3, 0.4) is 0 Å². The van der Waals surface area contributed by atoms with E-state index in [-0.39, 0.29) is 6.04 Å². The van der Waals surface area contributed by atoms with Crippen LogP contribution in [0, 0.1) is 11.6 Å². The summed E-state index contributed by atoms with van der Waals surface area (Å²) in [6, 6.07) is 5.14. The number of rotatable bonds is 3. The Morgan fingerprint density at radius 2 is 1.97 bits per heavy atom. The lowest BCUT2D eigenvalue weighted by molar-refractivity contribution is 0.560. The normalized spacial score (nSPS) is 16.6. The second-order valence-electron chi connectivity index (χ2n) is 7.44. The third-order valence-electron chi connectivity index (χ3n) is 5.61. The molecule has 1 N–H and O–H groups in total. The number of nitrogens with one attached hydrogen (secondary N) is 1. The number of halogens is 2. The fraction of sp³-hybridized carbons (Fsp3) is 0.190. The lowest BCUT2D eigenvalue weighted by atomic mass is 10.0. The van der Waals surface area contributed by atoms with Gasteiger partial charge in [-0.05, 0) is 37.1 Å². The number of hydrogen-bond donors (Lipinski definition) is 1. The summed E-state index contributed by atoms with van der Waals surface area (Å²) < 4.78 is 29.9. The summed E-state index contributed by atoms with van der Waals surface area (Å²) in [5.74, 6) is 0.381. The molecule has 0 radical (unpaired) electrons. The van der Waals surface area contributed by atoms with Gasteiger partial charge in [-0.3, -0.25) is 0 Å². The minimum absolute atomic E-state index is 0.281. The molecule has 1 saturated heterocycles. The fourth-order valence-electron chi connectivity index (χ4n) is 4.19. The summed E-state index contributed by atoms with van der Waals surface area (Å²) in [5, 5.41) is 4.36. The van der Waals surface area contributed by atoms with Gasteiger partial charge in [0, 0.05) is 30.7 Å². The highest BCUT2D eigenvalue weighted by Gasteiger charge is 2.30. The molecule has 1 fully saturated rings. The molecule has 8 nitrogen and oxygen atoms in total. The minimum Gasteiger partial charge on any atom is -0.349 e. The highest BCUT2D eigenvalue weighted by molar-refractivity contribution is 5.79. The molecule has 31 heavy (non-hydrogen) atoms. The van der Waals surface area contributed by atoms with E-state index in [2.05, 4.69) is 25.0 Å². The van der Waals surface area contributed by atoms with E-state index in [4.69, 9.17) is 4.98 Å². The molecule has 1 aliphatic rings. The van der Waals surface area contributed by atoms with Gasteiger partial charge in [0.05, 0.1) is 17.8 Å².